The average molecular weight is 334 g/mol. The summed E-state index contributed by atoms with van der Waals surface area (Å²) in [5.74, 6) is -0.343. The van der Waals surface area contributed by atoms with Crippen LogP contribution in [0.5, 0.6) is 0 Å². The van der Waals surface area contributed by atoms with Crippen molar-refractivity contribution in [3.63, 3.8) is 0 Å². The first-order chi connectivity index (χ1) is 11.2. The number of esters is 1. The molecule has 6 nitrogen and oxygen atoms in total. The summed E-state index contributed by atoms with van der Waals surface area (Å²) in [5.41, 5.74) is 1.07. The molecule has 1 heterocycles. The van der Waals surface area contributed by atoms with Crippen molar-refractivity contribution in [2.24, 2.45) is 0 Å². The molecule has 0 spiro atoms. The van der Waals surface area contributed by atoms with Crippen LogP contribution in [-0.4, -0.2) is 55.3 Å². The number of hydrogen-bond acceptors (Lipinski definition) is 5. The Morgan fingerprint density at radius 1 is 1.12 bits per heavy atom. The highest BCUT2D eigenvalue weighted by Crippen LogP contribution is 2.22. The lowest BCUT2D eigenvalue weighted by molar-refractivity contribution is 0.0218. The molecule has 1 amide bonds. The van der Waals surface area contributed by atoms with Gasteiger partial charge in [0.15, 0.2) is 0 Å². The van der Waals surface area contributed by atoms with Gasteiger partial charge in [-0.05, 0) is 52.0 Å². The minimum Gasteiger partial charge on any atom is -0.465 e. The van der Waals surface area contributed by atoms with E-state index in [2.05, 4.69) is 11.8 Å². The molecular weight excluding hydrogens is 308 g/mol. The van der Waals surface area contributed by atoms with Gasteiger partial charge >= 0.3 is 12.1 Å². The molecule has 0 radical (unpaired) electrons. The predicted octanol–water partition coefficient (Wildman–Crippen LogP) is 2.92. The first kappa shape index (κ1) is 18.1. The lowest BCUT2D eigenvalue weighted by Gasteiger charge is -2.41. The van der Waals surface area contributed by atoms with Crippen LogP contribution in [0.3, 0.4) is 0 Å². The van der Waals surface area contributed by atoms with E-state index in [0.717, 1.165) is 12.2 Å². The first-order valence-electron chi connectivity index (χ1n) is 8.14. The van der Waals surface area contributed by atoms with E-state index in [9.17, 15) is 9.59 Å². The molecule has 0 saturated carbocycles. The maximum absolute atomic E-state index is 12.2. The molecule has 1 atom stereocenters. The number of rotatable bonds is 2. The van der Waals surface area contributed by atoms with E-state index in [0.29, 0.717) is 18.7 Å². The average Bonchev–Trinajstić information content (AvgIpc) is 2.52. The molecule has 0 unspecified atom stereocenters. The molecule has 0 aromatic heterocycles. The van der Waals surface area contributed by atoms with Crippen LogP contribution < -0.4 is 4.90 Å². The van der Waals surface area contributed by atoms with E-state index in [-0.39, 0.29) is 18.1 Å². The fourth-order valence-electron chi connectivity index (χ4n) is 2.74. The van der Waals surface area contributed by atoms with Crippen LogP contribution in [0.25, 0.3) is 0 Å². The summed E-state index contributed by atoms with van der Waals surface area (Å²) < 4.78 is 10.2. The van der Waals surface area contributed by atoms with Crippen molar-refractivity contribution in [3.8, 4) is 0 Å². The van der Waals surface area contributed by atoms with Crippen LogP contribution in [0.15, 0.2) is 24.3 Å². The third-order valence-electron chi connectivity index (χ3n) is 3.90. The molecule has 1 fully saturated rings. The predicted molar refractivity (Wildman–Crippen MR) is 92.4 cm³/mol. The van der Waals surface area contributed by atoms with Gasteiger partial charge < -0.3 is 19.3 Å². The Bertz CT molecular complexity index is 592. The van der Waals surface area contributed by atoms with E-state index in [1.165, 1.54) is 7.11 Å². The fraction of sp³-hybridized carbons (Fsp3) is 0.556. The standard InChI is InChI=1S/C18H26N2O4/c1-13-12-19(17(22)24-18(2,3)4)10-11-20(13)15-8-6-14(7-9-15)16(21)23-5/h6-9,13H,10-12H2,1-5H3/t13-/m1/s1. The summed E-state index contributed by atoms with van der Waals surface area (Å²) in [4.78, 5) is 27.7. The van der Waals surface area contributed by atoms with Crippen molar-refractivity contribution in [1.82, 2.24) is 4.90 Å². The van der Waals surface area contributed by atoms with Crippen molar-refractivity contribution in [1.29, 1.82) is 0 Å². The topological polar surface area (TPSA) is 59.1 Å². The van der Waals surface area contributed by atoms with Gasteiger partial charge in [-0.15, -0.1) is 0 Å². The SMILES string of the molecule is COC(=O)c1ccc(N2CCN(C(=O)OC(C)(C)C)C[C@H]2C)cc1. The minimum absolute atomic E-state index is 0.162. The number of piperazine rings is 1. The van der Waals surface area contributed by atoms with Gasteiger partial charge in [0.1, 0.15) is 5.60 Å². The van der Waals surface area contributed by atoms with E-state index >= 15 is 0 Å². The van der Waals surface area contributed by atoms with Crippen molar-refractivity contribution in [2.45, 2.75) is 39.3 Å². The fourth-order valence-corrected chi connectivity index (χ4v) is 2.74. The Balaban J connectivity index is 2.01. The summed E-state index contributed by atoms with van der Waals surface area (Å²) in [6, 6.07) is 7.50. The van der Waals surface area contributed by atoms with Crippen LogP contribution in [-0.2, 0) is 9.47 Å². The second kappa shape index (κ2) is 7.11. The van der Waals surface area contributed by atoms with Crippen molar-refractivity contribution in [2.75, 3.05) is 31.6 Å². The zero-order valence-corrected chi connectivity index (χ0v) is 15.0. The van der Waals surface area contributed by atoms with Crippen LogP contribution in [0.1, 0.15) is 38.1 Å². The smallest absolute Gasteiger partial charge is 0.410 e. The molecular formula is C18H26N2O4. The zero-order chi connectivity index (χ0) is 17.9. The van der Waals surface area contributed by atoms with E-state index in [1.54, 1.807) is 17.0 Å². The number of benzene rings is 1. The summed E-state index contributed by atoms with van der Waals surface area (Å²) in [7, 11) is 1.37. The van der Waals surface area contributed by atoms with Gasteiger partial charge in [0.05, 0.1) is 12.7 Å². The number of amides is 1. The number of carbonyl (C=O) groups is 2. The van der Waals surface area contributed by atoms with Crippen molar-refractivity contribution < 1.29 is 19.1 Å². The molecule has 0 N–H and O–H groups in total. The summed E-state index contributed by atoms with van der Waals surface area (Å²) in [5, 5.41) is 0. The van der Waals surface area contributed by atoms with Gasteiger partial charge in [0.2, 0.25) is 0 Å². The van der Waals surface area contributed by atoms with Crippen LogP contribution >= 0.6 is 0 Å². The Kier molecular flexibility index (Phi) is 5.36. The molecule has 0 bridgehead atoms. The Hall–Kier alpha value is -2.24. The molecule has 132 valence electrons. The molecule has 1 saturated heterocycles. The van der Waals surface area contributed by atoms with E-state index in [4.69, 9.17) is 9.47 Å². The largest absolute Gasteiger partial charge is 0.465 e. The van der Waals surface area contributed by atoms with Crippen LogP contribution in [0.4, 0.5) is 10.5 Å². The van der Waals surface area contributed by atoms with Crippen LogP contribution in [0, 0.1) is 0 Å². The Labute approximate surface area is 143 Å². The third kappa shape index (κ3) is 4.40. The Morgan fingerprint density at radius 2 is 1.75 bits per heavy atom. The molecule has 2 rings (SSSR count). The maximum Gasteiger partial charge on any atom is 0.410 e. The van der Waals surface area contributed by atoms with Gasteiger partial charge in [-0.3, -0.25) is 0 Å². The molecule has 1 aliphatic rings. The lowest BCUT2D eigenvalue weighted by Crippen LogP contribution is -2.54. The zero-order valence-electron chi connectivity index (χ0n) is 15.0. The second-order valence-corrected chi connectivity index (χ2v) is 7.01. The van der Waals surface area contributed by atoms with Gasteiger partial charge in [-0.25, -0.2) is 9.59 Å². The van der Waals surface area contributed by atoms with Crippen molar-refractivity contribution in [3.05, 3.63) is 29.8 Å². The molecule has 1 aromatic rings. The molecule has 0 aliphatic carbocycles. The van der Waals surface area contributed by atoms with E-state index < -0.39 is 5.60 Å². The van der Waals surface area contributed by atoms with Gasteiger partial charge in [-0.1, -0.05) is 0 Å². The number of carbonyl (C=O) groups excluding carboxylic acids is 2. The molecule has 1 aromatic carbocycles. The number of anilines is 1. The normalized spacial score (nSPS) is 18.3. The molecule has 1 aliphatic heterocycles. The van der Waals surface area contributed by atoms with Gasteiger partial charge in [0.25, 0.3) is 0 Å². The molecule has 24 heavy (non-hydrogen) atoms. The van der Waals surface area contributed by atoms with E-state index in [1.807, 2.05) is 32.9 Å². The third-order valence-corrected chi connectivity index (χ3v) is 3.90. The lowest BCUT2D eigenvalue weighted by atomic mass is 10.1. The summed E-state index contributed by atoms with van der Waals surface area (Å²) in [6.45, 7) is 9.61. The highest BCUT2D eigenvalue weighted by Gasteiger charge is 2.29. The highest BCUT2D eigenvalue weighted by atomic mass is 16.6. The van der Waals surface area contributed by atoms with Gasteiger partial charge in [-0.2, -0.15) is 0 Å². The monoisotopic (exact) mass is 334 g/mol. The van der Waals surface area contributed by atoms with Crippen molar-refractivity contribution >= 4 is 17.7 Å². The number of hydrogen-bond donors (Lipinski definition) is 0. The quantitative estimate of drug-likeness (QED) is 0.778. The first-order valence-corrected chi connectivity index (χ1v) is 8.14. The second-order valence-electron chi connectivity index (χ2n) is 7.01. The van der Waals surface area contributed by atoms with Crippen LogP contribution in [0.2, 0.25) is 0 Å². The highest BCUT2D eigenvalue weighted by molar-refractivity contribution is 5.89. The number of methoxy groups -OCH3 is 1. The summed E-state index contributed by atoms with van der Waals surface area (Å²) >= 11 is 0. The number of ether oxygens (including phenoxy) is 2. The molecule has 6 heteroatoms. The number of nitrogens with zero attached hydrogens (tertiary/aromatic N) is 2. The van der Waals surface area contributed by atoms with Gasteiger partial charge in [0, 0.05) is 31.4 Å². The summed E-state index contributed by atoms with van der Waals surface area (Å²) in [6.07, 6.45) is -0.268. The maximum atomic E-state index is 12.2. The Morgan fingerprint density at radius 3 is 2.25 bits per heavy atom. The minimum atomic E-state index is -0.485.